The van der Waals surface area contributed by atoms with E-state index in [1.54, 1.807) is 25.3 Å². The first-order chi connectivity index (χ1) is 8.08. The zero-order valence-corrected chi connectivity index (χ0v) is 10.6. The lowest BCUT2D eigenvalue weighted by atomic mass is 10.1. The molecule has 0 heterocycles. The van der Waals surface area contributed by atoms with Gasteiger partial charge >= 0.3 is 0 Å². The molecule has 0 fully saturated rings. The fourth-order valence-electron chi connectivity index (χ4n) is 1.57. The molecule has 0 radical (unpaired) electrons. The lowest BCUT2D eigenvalue weighted by molar-refractivity contribution is 0.163. The first-order valence-corrected chi connectivity index (χ1v) is 5.86. The third-order valence-electron chi connectivity index (χ3n) is 2.83. The van der Waals surface area contributed by atoms with E-state index in [4.69, 9.17) is 4.74 Å². The average Bonchev–Trinajstić information content (AvgIpc) is 2.36. The number of nitrogens with one attached hydrogen (secondary N) is 1. The Bertz CT molecular complexity index is 355. The Labute approximate surface area is 102 Å². The van der Waals surface area contributed by atoms with Gasteiger partial charge in [0.1, 0.15) is 11.5 Å². The zero-order valence-electron chi connectivity index (χ0n) is 10.6. The third-order valence-corrected chi connectivity index (χ3v) is 2.83. The molecular formula is C13H21NO3. The molecule has 0 spiro atoms. The van der Waals surface area contributed by atoms with Crippen LogP contribution in [0.2, 0.25) is 0 Å². The minimum Gasteiger partial charge on any atom is -0.508 e. The highest BCUT2D eigenvalue weighted by Gasteiger charge is 2.12. The molecule has 0 aliphatic heterocycles. The van der Waals surface area contributed by atoms with Gasteiger partial charge in [0, 0.05) is 18.2 Å². The van der Waals surface area contributed by atoms with E-state index < -0.39 is 0 Å². The van der Waals surface area contributed by atoms with Crippen LogP contribution < -0.4 is 10.1 Å². The van der Waals surface area contributed by atoms with Crippen molar-refractivity contribution in [3.05, 3.63) is 23.8 Å². The van der Waals surface area contributed by atoms with E-state index in [0.717, 1.165) is 5.56 Å². The van der Waals surface area contributed by atoms with Crippen molar-refractivity contribution in [3.63, 3.8) is 0 Å². The summed E-state index contributed by atoms with van der Waals surface area (Å²) in [5.74, 6) is 0.944. The molecule has 4 heteroatoms. The number of ether oxygens (including phenoxy) is 1. The molecule has 4 nitrogen and oxygen atoms in total. The van der Waals surface area contributed by atoms with E-state index in [2.05, 4.69) is 5.32 Å². The summed E-state index contributed by atoms with van der Waals surface area (Å²) in [5.41, 5.74) is 0.771. The quantitative estimate of drug-likeness (QED) is 0.708. The lowest BCUT2D eigenvalue weighted by Gasteiger charge is -2.18. The highest BCUT2D eigenvalue weighted by Crippen LogP contribution is 2.28. The maximum absolute atomic E-state index is 9.77. The van der Waals surface area contributed by atoms with Crippen LogP contribution in [0, 0.1) is 0 Å². The van der Waals surface area contributed by atoms with Crippen LogP contribution in [-0.2, 0) is 0 Å². The van der Waals surface area contributed by atoms with Crippen molar-refractivity contribution in [2.75, 3.05) is 13.7 Å². The van der Waals surface area contributed by atoms with Crippen LogP contribution in [0.5, 0.6) is 11.5 Å². The Morgan fingerprint density at radius 3 is 2.71 bits per heavy atom. The normalized spacial score (nSPS) is 14.4. The summed E-state index contributed by atoms with van der Waals surface area (Å²) in [6.07, 6.45) is 0.356. The van der Waals surface area contributed by atoms with Gasteiger partial charge < -0.3 is 20.3 Å². The summed E-state index contributed by atoms with van der Waals surface area (Å²) in [4.78, 5) is 0. The Morgan fingerprint density at radius 1 is 1.41 bits per heavy atom. The molecule has 0 aliphatic carbocycles. The standard InChI is InChI=1S/C13H21NO3/c1-4-10(15)8-14-9(2)12-7-11(17-3)5-6-13(12)16/h5-7,9-10,14-16H,4,8H2,1-3H3. The van der Waals surface area contributed by atoms with E-state index in [1.165, 1.54) is 0 Å². The molecule has 1 rings (SSSR count). The average molecular weight is 239 g/mol. The van der Waals surface area contributed by atoms with Gasteiger partial charge in [-0.2, -0.15) is 0 Å². The molecule has 2 atom stereocenters. The minimum absolute atomic E-state index is 0.0358. The van der Waals surface area contributed by atoms with Gasteiger partial charge in [0.15, 0.2) is 0 Å². The van der Waals surface area contributed by atoms with Crippen LogP contribution in [0.15, 0.2) is 18.2 Å². The number of hydrogen-bond donors (Lipinski definition) is 3. The van der Waals surface area contributed by atoms with Gasteiger partial charge in [-0.1, -0.05) is 6.92 Å². The Kier molecular flexibility index (Phi) is 5.25. The number of methoxy groups -OCH3 is 1. The first kappa shape index (κ1) is 13.8. The van der Waals surface area contributed by atoms with E-state index in [1.807, 2.05) is 13.8 Å². The molecular weight excluding hydrogens is 218 g/mol. The molecule has 17 heavy (non-hydrogen) atoms. The fourth-order valence-corrected chi connectivity index (χ4v) is 1.57. The number of rotatable bonds is 6. The van der Waals surface area contributed by atoms with Crippen LogP contribution in [0.25, 0.3) is 0 Å². The van der Waals surface area contributed by atoms with Crippen LogP contribution in [0.1, 0.15) is 31.9 Å². The first-order valence-electron chi connectivity index (χ1n) is 5.86. The van der Waals surface area contributed by atoms with Gasteiger partial charge in [0.05, 0.1) is 13.2 Å². The molecule has 1 aromatic rings. The monoisotopic (exact) mass is 239 g/mol. The summed E-state index contributed by atoms with van der Waals surface area (Å²) < 4.78 is 5.12. The number of phenolic OH excluding ortho intramolecular Hbond substituents is 1. The summed E-state index contributed by atoms with van der Waals surface area (Å²) >= 11 is 0. The molecule has 0 aliphatic rings. The second kappa shape index (κ2) is 6.47. The second-order valence-electron chi connectivity index (χ2n) is 4.12. The van der Waals surface area contributed by atoms with Crippen LogP contribution in [0.3, 0.4) is 0 Å². The molecule has 0 bridgehead atoms. The minimum atomic E-state index is -0.356. The molecule has 1 aromatic carbocycles. The molecule has 0 amide bonds. The van der Waals surface area contributed by atoms with Crippen LogP contribution in [-0.4, -0.2) is 30.0 Å². The number of aliphatic hydroxyl groups is 1. The van der Waals surface area contributed by atoms with Crippen LogP contribution in [0.4, 0.5) is 0 Å². The number of phenols is 1. The topological polar surface area (TPSA) is 61.7 Å². The van der Waals surface area contributed by atoms with Gasteiger partial charge in [-0.3, -0.25) is 0 Å². The van der Waals surface area contributed by atoms with Gasteiger partial charge in [-0.25, -0.2) is 0 Å². The number of aliphatic hydroxyl groups excluding tert-OH is 1. The third kappa shape index (κ3) is 3.91. The number of aromatic hydroxyl groups is 1. The van der Waals surface area contributed by atoms with Crippen molar-refractivity contribution >= 4 is 0 Å². The summed E-state index contributed by atoms with van der Waals surface area (Å²) in [6, 6.07) is 5.09. The Balaban J connectivity index is 2.70. The predicted molar refractivity (Wildman–Crippen MR) is 67.4 cm³/mol. The van der Waals surface area contributed by atoms with E-state index >= 15 is 0 Å². The molecule has 0 aromatic heterocycles. The molecule has 0 saturated carbocycles. The van der Waals surface area contributed by atoms with E-state index in [0.29, 0.717) is 18.7 Å². The molecule has 3 N–H and O–H groups in total. The molecule has 2 unspecified atom stereocenters. The summed E-state index contributed by atoms with van der Waals surface area (Å²) in [5, 5.41) is 22.4. The summed E-state index contributed by atoms with van der Waals surface area (Å²) in [6.45, 7) is 4.38. The smallest absolute Gasteiger partial charge is 0.120 e. The lowest BCUT2D eigenvalue weighted by Crippen LogP contribution is -2.28. The molecule has 0 saturated heterocycles. The van der Waals surface area contributed by atoms with Crippen molar-refractivity contribution < 1.29 is 14.9 Å². The molecule has 96 valence electrons. The van der Waals surface area contributed by atoms with Gasteiger partial charge in [0.25, 0.3) is 0 Å². The Morgan fingerprint density at radius 2 is 2.12 bits per heavy atom. The van der Waals surface area contributed by atoms with Crippen molar-refractivity contribution in [1.82, 2.24) is 5.32 Å². The SMILES string of the molecule is CCC(O)CNC(C)c1cc(OC)ccc1O. The maximum atomic E-state index is 9.77. The van der Waals surface area contributed by atoms with Gasteiger partial charge in [-0.05, 0) is 31.5 Å². The Hall–Kier alpha value is -1.26. The predicted octanol–water partition coefficient (Wildman–Crippen LogP) is 1.82. The zero-order chi connectivity index (χ0) is 12.8. The highest BCUT2D eigenvalue weighted by molar-refractivity contribution is 5.41. The largest absolute Gasteiger partial charge is 0.508 e. The van der Waals surface area contributed by atoms with Crippen LogP contribution >= 0.6 is 0 Å². The van der Waals surface area contributed by atoms with Gasteiger partial charge in [-0.15, -0.1) is 0 Å². The van der Waals surface area contributed by atoms with E-state index in [-0.39, 0.29) is 17.9 Å². The van der Waals surface area contributed by atoms with Crippen molar-refractivity contribution in [2.24, 2.45) is 0 Å². The highest BCUT2D eigenvalue weighted by atomic mass is 16.5. The number of hydrogen-bond acceptors (Lipinski definition) is 4. The van der Waals surface area contributed by atoms with Crippen molar-refractivity contribution in [1.29, 1.82) is 0 Å². The van der Waals surface area contributed by atoms with Crippen molar-refractivity contribution in [3.8, 4) is 11.5 Å². The summed E-state index contributed by atoms with van der Waals surface area (Å²) in [7, 11) is 1.59. The second-order valence-corrected chi connectivity index (χ2v) is 4.12. The number of benzene rings is 1. The van der Waals surface area contributed by atoms with Gasteiger partial charge in [0.2, 0.25) is 0 Å². The van der Waals surface area contributed by atoms with Crippen molar-refractivity contribution in [2.45, 2.75) is 32.4 Å². The maximum Gasteiger partial charge on any atom is 0.120 e. The van der Waals surface area contributed by atoms with E-state index in [9.17, 15) is 10.2 Å². The fraction of sp³-hybridized carbons (Fsp3) is 0.538.